The van der Waals surface area contributed by atoms with E-state index in [0.717, 1.165) is 22.3 Å². The van der Waals surface area contributed by atoms with Crippen molar-refractivity contribution in [3.63, 3.8) is 0 Å². The number of nitrogens with two attached hydrogens (primary N) is 1. The number of rotatable bonds is 4. The van der Waals surface area contributed by atoms with E-state index in [4.69, 9.17) is 10.5 Å². The molecule has 154 valence electrons. The first-order chi connectivity index (χ1) is 15.1. The van der Waals surface area contributed by atoms with Crippen LogP contribution in [0, 0.1) is 22.0 Å². The number of anilines is 1. The largest absolute Gasteiger partial charge is 0.449 e. The van der Waals surface area contributed by atoms with Crippen molar-refractivity contribution in [1.82, 2.24) is 5.32 Å². The fourth-order valence-electron chi connectivity index (χ4n) is 3.77. The van der Waals surface area contributed by atoms with Gasteiger partial charge in [0, 0.05) is 5.92 Å². The number of nitrogens with zero attached hydrogens (tertiary/aromatic N) is 1. The first-order valence-corrected chi connectivity index (χ1v) is 9.67. The number of nitro benzene ring substituents is 1. The Labute approximate surface area is 179 Å². The van der Waals surface area contributed by atoms with Gasteiger partial charge in [0.15, 0.2) is 0 Å². The van der Waals surface area contributed by atoms with Gasteiger partial charge in [0.2, 0.25) is 0 Å². The molecule has 0 saturated carbocycles. The summed E-state index contributed by atoms with van der Waals surface area (Å²) in [5.41, 5.74) is 10.2. The van der Waals surface area contributed by atoms with E-state index in [9.17, 15) is 14.9 Å². The van der Waals surface area contributed by atoms with Crippen LogP contribution in [0.4, 0.5) is 16.2 Å². The summed E-state index contributed by atoms with van der Waals surface area (Å²) in [6, 6.07) is 20.7. The lowest BCUT2D eigenvalue weighted by atomic mass is 9.98. The molecular formula is C24H19N3O4. The van der Waals surface area contributed by atoms with Crippen molar-refractivity contribution in [2.24, 2.45) is 0 Å². The second-order valence-electron chi connectivity index (χ2n) is 6.98. The number of carbonyl (C=O) groups excluding carboxylic acids is 1. The van der Waals surface area contributed by atoms with Crippen molar-refractivity contribution in [2.45, 2.75) is 5.92 Å². The van der Waals surface area contributed by atoms with Crippen molar-refractivity contribution < 1.29 is 14.5 Å². The van der Waals surface area contributed by atoms with Crippen LogP contribution in [0.3, 0.4) is 0 Å². The minimum Gasteiger partial charge on any atom is -0.449 e. The number of benzene rings is 3. The highest BCUT2D eigenvalue weighted by molar-refractivity contribution is 5.79. The molecule has 0 saturated heterocycles. The molecule has 31 heavy (non-hydrogen) atoms. The second-order valence-corrected chi connectivity index (χ2v) is 6.98. The van der Waals surface area contributed by atoms with Crippen LogP contribution in [0.1, 0.15) is 22.6 Å². The summed E-state index contributed by atoms with van der Waals surface area (Å²) in [4.78, 5) is 22.7. The molecule has 1 aliphatic carbocycles. The van der Waals surface area contributed by atoms with Gasteiger partial charge in [-0.15, -0.1) is 0 Å². The van der Waals surface area contributed by atoms with Crippen LogP contribution in [-0.2, 0) is 4.74 Å². The summed E-state index contributed by atoms with van der Waals surface area (Å²) in [6.07, 6.45) is -0.599. The Morgan fingerprint density at radius 1 is 1.03 bits per heavy atom. The molecule has 0 aromatic heterocycles. The van der Waals surface area contributed by atoms with Crippen molar-refractivity contribution in [3.05, 3.63) is 93.5 Å². The van der Waals surface area contributed by atoms with Crippen LogP contribution in [0.15, 0.2) is 66.7 Å². The van der Waals surface area contributed by atoms with Crippen LogP contribution in [0.25, 0.3) is 11.1 Å². The van der Waals surface area contributed by atoms with E-state index in [1.54, 1.807) is 6.07 Å². The lowest BCUT2D eigenvalue weighted by molar-refractivity contribution is -0.384. The summed E-state index contributed by atoms with van der Waals surface area (Å²) in [7, 11) is 0. The molecule has 1 aliphatic rings. The molecule has 3 aromatic carbocycles. The van der Waals surface area contributed by atoms with E-state index in [1.165, 1.54) is 12.1 Å². The van der Waals surface area contributed by atoms with E-state index in [0.29, 0.717) is 0 Å². The molecule has 1 amide bonds. The van der Waals surface area contributed by atoms with Crippen molar-refractivity contribution in [2.75, 3.05) is 18.9 Å². The van der Waals surface area contributed by atoms with Crippen LogP contribution < -0.4 is 11.1 Å². The van der Waals surface area contributed by atoms with Gasteiger partial charge in [-0.1, -0.05) is 66.4 Å². The number of nitro groups is 1. The van der Waals surface area contributed by atoms with Crippen LogP contribution in [0.2, 0.25) is 0 Å². The SMILES string of the molecule is Nc1cccc(C#CCNC(=O)OCC2c3ccccc3-c3ccccc32)c1[N+](=O)[O-]. The predicted molar refractivity (Wildman–Crippen MR) is 117 cm³/mol. The molecule has 0 bridgehead atoms. The molecule has 0 aliphatic heterocycles. The number of ether oxygens (including phenoxy) is 1. The Bertz CT molecular complexity index is 1180. The third-order valence-electron chi connectivity index (χ3n) is 5.14. The van der Waals surface area contributed by atoms with Crippen LogP contribution in [-0.4, -0.2) is 24.2 Å². The monoisotopic (exact) mass is 413 g/mol. The molecule has 0 unspecified atom stereocenters. The average Bonchev–Trinajstić information content (AvgIpc) is 3.09. The minimum atomic E-state index is -0.599. The first kappa shape index (κ1) is 20.0. The smallest absolute Gasteiger partial charge is 0.407 e. The number of nitrogen functional groups attached to an aromatic ring is 1. The third-order valence-corrected chi connectivity index (χ3v) is 5.14. The second kappa shape index (κ2) is 8.59. The normalized spacial score (nSPS) is 11.6. The number of amides is 1. The van der Waals surface area contributed by atoms with Gasteiger partial charge in [-0.05, 0) is 34.4 Å². The van der Waals surface area contributed by atoms with Gasteiger partial charge in [0.05, 0.1) is 11.5 Å². The Hall–Kier alpha value is -4.31. The highest BCUT2D eigenvalue weighted by Gasteiger charge is 2.28. The molecule has 0 fully saturated rings. The number of alkyl carbamates (subject to hydrolysis) is 1. The Kier molecular flexibility index (Phi) is 5.54. The molecule has 4 rings (SSSR count). The summed E-state index contributed by atoms with van der Waals surface area (Å²) in [6.45, 7) is 0.191. The Balaban J connectivity index is 1.37. The van der Waals surface area contributed by atoms with E-state index >= 15 is 0 Å². The maximum atomic E-state index is 12.1. The summed E-state index contributed by atoms with van der Waals surface area (Å²) in [5, 5.41) is 13.7. The molecule has 3 N–H and O–H groups in total. The van der Waals surface area contributed by atoms with Gasteiger partial charge in [0.25, 0.3) is 0 Å². The molecule has 0 radical (unpaired) electrons. The Morgan fingerprint density at radius 2 is 1.68 bits per heavy atom. The van der Waals surface area contributed by atoms with E-state index in [1.807, 2.05) is 36.4 Å². The molecule has 0 spiro atoms. The van der Waals surface area contributed by atoms with Gasteiger partial charge >= 0.3 is 11.8 Å². The topological polar surface area (TPSA) is 107 Å². The fraction of sp³-hybridized carbons (Fsp3) is 0.125. The number of fused-ring (bicyclic) bond motifs is 3. The van der Waals surface area contributed by atoms with Crippen LogP contribution >= 0.6 is 0 Å². The van der Waals surface area contributed by atoms with Gasteiger partial charge in [-0.2, -0.15) is 0 Å². The average molecular weight is 413 g/mol. The van der Waals surface area contributed by atoms with E-state index in [-0.39, 0.29) is 36.0 Å². The van der Waals surface area contributed by atoms with Gasteiger partial charge in [0.1, 0.15) is 17.9 Å². The predicted octanol–water partition coefficient (Wildman–Crippen LogP) is 4.07. The molecule has 7 heteroatoms. The highest BCUT2D eigenvalue weighted by Crippen LogP contribution is 2.44. The van der Waals surface area contributed by atoms with Gasteiger partial charge in [-0.25, -0.2) is 4.79 Å². The van der Waals surface area contributed by atoms with Crippen molar-refractivity contribution >= 4 is 17.5 Å². The van der Waals surface area contributed by atoms with Gasteiger partial charge < -0.3 is 15.8 Å². The third kappa shape index (κ3) is 4.05. The van der Waals surface area contributed by atoms with Crippen LogP contribution in [0.5, 0.6) is 0 Å². The molecular weight excluding hydrogens is 394 g/mol. The number of hydrogen-bond donors (Lipinski definition) is 2. The molecule has 0 atom stereocenters. The molecule has 3 aromatic rings. The zero-order chi connectivity index (χ0) is 21.8. The summed E-state index contributed by atoms with van der Waals surface area (Å²) in [5.74, 6) is 5.34. The fourth-order valence-corrected chi connectivity index (χ4v) is 3.77. The Morgan fingerprint density at radius 3 is 2.32 bits per heavy atom. The molecule has 7 nitrogen and oxygen atoms in total. The number of carbonyl (C=O) groups is 1. The number of hydrogen-bond acceptors (Lipinski definition) is 5. The standard InChI is InChI=1S/C24H19N3O4/c25-22-13-5-7-16(23(22)27(29)30)8-6-14-26-24(28)31-15-21-19-11-3-1-9-17(19)18-10-2-4-12-20(18)21/h1-5,7,9-13,21H,14-15,25H2,(H,26,28). The summed E-state index contributed by atoms with van der Waals surface area (Å²) < 4.78 is 5.43. The molecule has 0 heterocycles. The quantitative estimate of drug-likeness (QED) is 0.290. The number of para-hydroxylation sites is 1. The zero-order valence-electron chi connectivity index (χ0n) is 16.5. The van der Waals surface area contributed by atoms with Gasteiger partial charge in [-0.3, -0.25) is 10.1 Å². The highest BCUT2D eigenvalue weighted by atomic mass is 16.6. The number of nitrogens with one attached hydrogen (secondary N) is 1. The van der Waals surface area contributed by atoms with Crippen molar-refractivity contribution in [3.8, 4) is 23.0 Å². The lowest BCUT2D eigenvalue weighted by Crippen LogP contribution is -2.26. The van der Waals surface area contributed by atoms with Crippen molar-refractivity contribution in [1.29, 1.82) is 0 Å². The minimum absolute atomic E-state index is 0.0113. The maximum Gasteiger partial charge on any atom is 0.407 e. The maximum absolute atomic E-state index is 12.1. The first-order valence-electron chi connectivity index (χ1n) is 9.67. The zero-order valence-corrected chi connectivity index (χ0v) is 16.5. The van der Waals surface area contributed by atoms with E-state index < -0.39 is 11.0 Å². The summed E-state index contributed by atoms with van der Waals surface area (Å²) >= 11 is 0. The lowest BCUT2D eigenvalue weighted by Gasteiger charge is -2.14. The van der Waals surface area contributed by atoms with E-state index in [2.05, 4.69) is 29.3 Å².